The lowest BCUT2D eigenvalue weighted by Crippen LogP contribution is -2.41. The van der Waals surface area contributed by atoms with E-state index in [2.05, 4.69) is 15.0 Å². The largest absolute Gasteiger partial charge is 0.463 e. The molecular formula is C20H29N5O6. The molecule has 11 nitrogen and oxygen atoms in total. The van der Waals surface area contributed by atoms with Gasteiger partial charge in [0.15, 0.2) is 11.2 Å². The normalized spacial score (nSPS) is 22.3. The molecule has 1 aliphatic rings. The van der Waals surface area contributed by atoms with Crippen molar-refractivity contribution in [1.82, 2.24) is 19.5 Å². The van der Waals surface area contributed by atoms with Crippen LogP contribution in [-0.2, 0) is 23.8 Å². The SMILES string of the molecule is Cc1nc2c(ncn2[C@H]2CC(OC(=O)[C@@H](N)C(C)C)[C@@H](COC(=O)C(C)C)O2)c(=O)[nH]1. The molecule has 1 saturated heterocycles. The van der Waals surface area contributed by atoms with Gasteiger partial charge in [-0.1, -0.05) is 27.7 Å². The Labute approximate surface area is 179 Å². The number of nitrogens with two attached hydrogens (primary N) is 1. The summed E-state index contributed by atoms with van der Waals surface area (Å²) >= 11 is 0. The Kier molecular flexibility index (Phi) is 6.75. The van der Waals surface area contributed by atoms with Gasteiger partial charge in [-0.25, -0.2) is 9.97 Å². The molecule has 3 heterocycles. The Bertz CT molecular complexity index is 1010. The van der Waals surface area contributed by atoms with Crippen molar-refractivity contribution in [2.24, 2.45) is 17.6 Å². The predicted molar refractivity (Wildman–Crippen MR) is 110 cm³/mol. The number of esters is 2. The number of carbonyl (C=O) groups excluding carboxylic acids is 2. The summed E-state index contributed by atoms with van der Waals surface area (Å²) in [6.45, 7) is 8.68. The zero-order chi connectivity index (χ0) is 22.9. The summed E-state index contributed by atoms with van der Waals surface area (Å²) in [7, 11) is 0. The van der Waals surface area contributed by atoms with E-state index in [9.17, 15) is 14.4 Å². The van der Waals surface area contributed by atoms with Crippen molar-refractivity contribution in [3.05, 3.63) is 22.5 Å². The number of ether oxygens (including phenoxy) is 3. The zero-order valence-electron chi connectivity index (χ0n) is 18.3. The number of imidazole rings is 1. The van der Waals surface area contributed by atoms with E-state index in [0.29, 0.717) is 11.5 Å². The molecule has 0 saturated carbocycles. The van der Waals surface area contributed by atoms with Crippen LogP contribution < -0.4 is 11.3 Å². The molecule has 1 fully saturated rings. The molecule has 3 N–H and O–H groups in total. The summed E-state index contributed by atoms with van der Waals surface area (Å²) in [4.78, 5) is 47.6. The highest BCUT2D eigenvalue weighted by molar-refractivity contribution is 5.76. The molecule has 31 heavy (non-hydrogen) atoms. The summed E-state index contributed by atoms with van der Waals surface area (Å²) in [6.07, 6.45) is -0.286. The summed E-state index contributed by atoms with van der Waals surface area (Å²) < 4.78 is 18.6. The Balaban J connectivity index is 1.84. The highest BCUT2D eigenvalue weighted by Gasteiger charge is 2.41. The van der Waals surface area contributed by atoms with Crippen molar-refractivity contribution in [3.8, 4) is 0 Å². The standard InChI is InChI=1S/C20H29N5O6/c1-9(2)15(21)20(28)31-12-6-14(30-13(12)7-29-19(27)10(3)4)25-8-22-16-17(25)23-11(5)24-18(16)26/h8-10,12-15H,6-7,21H2,1-5H3,(H,23,24,26)/t12?,13-,14-,15+/m1/s1. The smallest absolute Gasteiger partial charge is 0.323 e. The maximum atomic E-state index is 12.4. The molecule has 0 amide bonds. The first-order chi connectivity index (χ1) is 14.6. The second kappa shape index (κ2) is 9.15. The topological polar surface area (TPSA) is 151 Å². The molecule has 0 aromatic carbocycles. The maximum absolute atomic E-state index is 12.4. The van der Waals surface area contributed by atoms with E-state index >= 15 is 0 Å². The monoisotopic (exact) mass is 435 g/mol. The Hall–Kier alpha value is -2.79. The van der Waals surface area contributed by atoms with Crippen molar-refractivity contribution in [1.29, 1.82) is 0 Å². The van der Waals surface area contributed by atoms with Gasteiger partial charge in [0, 0.05) is 6.42 Å². The van der Waals surface area contributed by atoms with E-state index in [-0.39, 0.29) is 41.9 Å². The van der Waals surface area contributed by atoms with Gasteiger partial charge in [0.25, 0.3) is 5.56 Å². The van der Waals surface area contributed by atoms with Crippen LogP contribution in [-0.4, -0.2) is 56.3 Å². The molecule has 2 aromatic rings. The van der Waals surface area contributed by atoms with Crippen molar-refractivity contribution in [2.45, 2.75) is 65.5 Å². The first kappa shape index (κ1) is 22.9. The molecule has 1 unspecified atom stereocenters. The highest BCUT2D eigenvalue weighted by Crippen LogP contribution is 2.33. The highest BCUT2D eigenvalue weighted by atomic mass is 16.6. The second-order valence-electron chi connectivity index (χ2n) is 8.37. The number of rotatable bonds is 7. The van der Waals surface area contributed by atoms with Crippen molar-refractivity contribution < 1.29 is 23.8 Å². The molecule has 3 rings (SSSR count). The molecule has 2 aromatic heterocycles. The molecule has 1 aliphatic heterocycles. The van der Waals surface area contributed by atoms with Gasteiger partial charge >= 0.3 is 11.9 Å². The molecule has 0 bridgehead atoms. The Morgan fingerprint density at radius 2 is 2.03 bits per heavy atom. The van der Waals surface area contributed by atoms with Crippen molar-refractivity contribution in [3.63, 3.8) is 0 Å². The fraction of sp³-hybridized carbons (Fsp3) is 0.650. The first-order valence-corrected chi connectivity index (χ1v) is 10.3. The third-order valence-electron chi connectivity index (χ3n) is 5.16. The van der Waals surface area contributed by atoms with E-state index in [1.165, 1.54) is 6.33 Å². The number of aryl methyl sites for hydroxylation is 1. The number of nitrogens with one attached hydrogen (secondary N) is 1. The van der Waals surface area contributed by atoms with Crippen LogP contribution in [0.3, 0.4) is 0 Å². The third-order valence-corrected chi connectivity index (χ3v) is 5.16. The van der Waals surface area contributed by atoms with Gasteiger partial charge in [0.05, 0.1) is 12.2 Å². The molecule has 11 heteroatoms. The van der Waals surface area contributed by atoms with Crippen LogP contribution in [0.1, 0.15) is 46.2 Å². The van der Waals surface area contributed by atoms with Gasteiger partial charge in [0.2, 0.25) is 0 Å². The van der Waals surface area contributed by atoms with Gasteiger partial charge in [-0.3, -0.25) is 19.0 Å². The van der Waals surface area contributed by atoms with Crippen LogP contribution in [0, 0.1) is 18.8 Å². The van der Waals surface area contributed by atoms with E-state index < -0.39 is 30.4 Å². The summed E-state index contributed by atoms with van der Waals surface area (Å²) in [5.41, 5.74) is 6.10. The number of hydrogen-bond donors (Lipinski definition) is 2. The number of fused-ring (bicyclic) bond motifs is 1. The molecular weight excluding hydrogens is 406 g/mol. The molecule has 0 aliphatic carbocycles. The number of H-pyrrole nitrogens is 1. The zero-order valence-corrected chi connectivity index (χ0v) is 18.3. The predicted octanol–water partition coefficient (Wildman–Crippen LogP) is 0.810. The Morgan fingerprint density at radius 1 is 1.32 bits per heavy atom. The number of carbonyl (C=O) groups is 2. The molecule has 0 spiro atoms. The molecule has 170 valence electrons. The first-order valence-electron chi connectivity index (χ1n) is 10.3. The average molecular weight is 435 g/mol. The fourth-order valence-corrected chi connectivity index (χ4v) is 3.22. The van der Waals surface area contributed by atoms with Gasteiger partial charge in [-0.05, 0) is 12.8 Å². The van der Waals surface area contributed by atoms with Crippen molar-refractivity contribution >= 4 is 23.1 Å². The lowest BCUT2D eigenvalue weighted by molar-refractivity contribution is -0.161. The third kappa shape index (κ3) is 4.93. The maximum Gasteiger partial charge on any atom is 0.323 e. The lowest BCUT2D eigenvalue weighted by Gasteiger charge is -2.22. The van der Waals surface area contributed by atoms with Gasteiger partial charge in [0.1, 0.15) is 36.9 Å². The van der Waals surface area contributed by atoms with Gasteiger partial charge < -0.3 is 24.9 Å². The van der Waals surface area contributed by atoms with Gasteiger partial charge in [-0.2, -0.15) is 0 Å². The molecule has 4 atom stereocenters. The van der Waals surface area contributed by atoms with E-state index in [1.807, 2.05) is 13.8 Å². The molecule has 0 radical (unpaired) electrons. The number of nitrogens with zero attached hydrogens (tertiary/aromatic N) is 3. The van der Waals surface area contributed by atoms with Crippen molar-refractivity contribution in [2.75, 3.05) is 6.61 Å². The number of aromatic nitrogens is 4. The minimum atomic E-state index is -0.783. The number of hydrogen-bond acceptors (Lipinski definition) is 9. The van der Waals surface area contributed by atoms with Crippen LogP contribution in [0.15, 0.2) is 11.1 Å². The van der Waals surface area contributed by atoms with Crippen LogP contribution >= 0.6 is 0 Å². The van der Waals surface area contributed by atoms with E-state index in [1.54, 1.807) is 25.3 Å². The lowest BCUT2D eigenvalue weighted by atomic mass is 10.1. The number of aromatic amines is 1. The summed E-state index contributed by atoms with van der Waals surface area (Å²) in [6, 6.07) is -0.783. The van der Waals surface area contributed by atoms with Crippen LogP contribution in [0.25, 0.3) is 11.2 Å². The van der Waals surface area contributed by atoms with Crippen LogP contribution in [0.2, 0.25) is 0 Å². The second-order valence-corrected chi connectivity index (χ2v) is 8.37. The van der Waals surface area contributed by atoms with Crippen LogP contribution in [0.5, 0.6) is 0 Å². The van der Waals surface area contributed by atoms with Crippen LogP contribution in [0.4, 0.5) is 0 Å². The minimum Gasteiger partial charge on any atom is -0.463 e. The van der Waals surface area contributed by atoms with E-state index in [0.717, 1.165) is 0 Å². The average Bonchev–Trinajstić information content (AvgIpc) is 3.29. The fourth-order valence-electron chi connectivity index (χ4n) is 3.22. The summed E-state index contributed by atoms with van der Waals surface area (Å²) in [5, 5.41) is 0. The minimum absolute atomic E-state index is 0.0813. The van der Waals surface area contributed by atoms with E-state index in [4.69, 9.17) is 19.9 Å². The Morgan fingerprint density at radius 3 is 2.68 bits per heavy atom. The quantitative estimate of drug-likeness (QED) is 0.602. The summed E-state index contributed by atoms with van der Waals surface area (Å²) in [5.74, 6) is -0.896. The van der Waals surface area contributed by atoms with Gasteiger partial charge in [-0.15, -0.1) is 0 Å².